The van der Waals surface area contributed by atoms with E-state index in [2.05, 4.69) is 23.1 Å². The zero-order chi connectivity index (χ0) is 14.9. The Bertz CT molecular complexity index is 673. The monoisotopic (exact) mass is 295 g/mol. The van der Waals surface area contributed by atoms with Crippen molar-refractivity contribution in [2.45, 2.75) is 45.1 Å². The van der Waals surface area contributed by atoms with Crippen molar-refractivity contribution in [1.29, 1.82) is 0 Å². The third-order valence-corrected chi connectivity index (χ3v) is 5.57. The molecule has 2 nitrogen and oxygen atoms in total. The van der Waals surface area contributed by atoms with Crippen LogP contribution in [-0.2, 0) is 13.0 Å². The van der Waals surface area contributed by atoms with Crippen molar-refractivity contribution in [3.05, 3.63) is 41.5 Å². The van der Waals surface area contributed by atoms with Gasteiger partial charge in [0.05, 0.1) is 0 Å². The van der Waals surface area contributed by atoms with E-state index in [0.29, 0.717) is 5.75 Å². The molecule has 2 heteroatoms. The van der Waals surface area contributed by atoms with E-state index in [1.54, 1.807) is 6.07 Å². The Kier molecular flexibility index (Phi) is 3.79. The van der Waals surface area contributed by atoms with Gasteiger partial charge in [0.15, 0.2) is 0 Å². The number of phenols is 1. The lowest BCUT2D eigenvalue weighted by Crippen LogP contribution is -2.35. The number of aromatic hydroxyl groups is 1. The quantitative estimate of drug-likeness (QED) is 0.882. The van der Waals surface area contributed by atoms with Crippen molar-refractivity contribution < 1.29 is 5.11 Å². The number of benzene rings is 2. The molecule has 2 aliphatic rings. The van der Waals surface area contributed by atoms with Crippen LogP contribution in [-0.4, -0.2) is 23.1 Å². The van der Waals surface area contributed by atoms with Crippen LogP contribution in [0.15, 0.2) is 30.3 Å². The van der Waals surface area contributed by atoms with Gasteiger partial charge in [-0.05, 0) is 47.8 Å². The van der Waals surface area contributed by atoms with Gasteiger partial charge in [0, 0.05) is 25.0 Å². The smallest absolute Gasteiger partial charge is 0.123 e. The maximum absolute atomic E-state index is 10.1. The van der Waals surface area contributed by atoms with Gasteiger partial charge in [0.25, 0.3) is 0 Å². The summed E-state index contributed by atoms with van der Waals surface area (Å²) in [5.41, 5.74) is 2.91. The zero-order valence-electron chi connectivity index (χ0n) is 13.2. The van der Waals surface area contributed by atoms with Crippen molar-refractivity contribution in [2.24, 2.45) is 5.92 Å². The largest absolute Gasteiger partial charge is 0.507 e. The number of hydrogen-bond donors (Lipinski definition) is 1. The highest BCUT2D eigenvalue weighted by molar-refractivity contribution is 5.91. The summed E-state index contributed by atoms with van der Waals surface area (Å²) in [5.74, 6) is 1.31. The van der Waals surface area contributed by atoms with Crippen LogP contribution in [0.1, 0.15) is 43.2 Å². The molecule has 0 spiro atoms. The van der Waals surface area contributed by atoms with Crippen LogP contribution in [0, 0.1) is 5.92 Å². The summed E-state index contributed by atoms with van der Waals surface area (Å²) in [6, 6.07) is 10.2. The lowest BCUT2D eigenvalue weighted by Gasteiger charge is -2.34. The van der Waals surface area contributed by atoms with Gasteiger partial charge in [-0.2, -0.15) is 0 Å². The molecule has 0 atom stereocenters. The van der Waals surface area contributed by atoms with Crippen molar-refractivity contribution in [3.63, 3.8) is 0 Å². The summed E-state index contributed by atoms with van der Waals surface area (Å²) in [6.07, 6.45) is 8.26. The van der Waals surface area contributed by atoms with Gasteiger partial charge in [-0.3, -0.25) is 4.90 Å². The third-order valence-electron chi connectivity index (χ3n) is 5.57. The van der Waals surface area contributed by atoms with Gasteiger partial charge in [-0.15, -0.1) is 0 Å². The summed E-state index contributed by atoms with van der Waals surface area (Å²) in [4.78, 5) is 2.64. The molecule has 2 aromatic rings. The first-order chi connectivity index (χ1) is 10.8. The molecular weight excluding hydrogens is 270 g/mol. The van der Waals surface area contributed by atoms with Crippen LogP contribution >= 0.6 is 0 Å². The van der Waals surface area contributed by atoms with Gasteiger partial charge in [-0.25, -0.2) is 0 Å². The van der Waals surface area contributed by atoms with Crippen molar-refractivity contribution >= 4 is 10.8 Å². The normalized spacial score (nSPS) is 20.2. The molecule has 1 aliphatic carbocycles. The second kappa shape index (κ2) is 5.92. The van der Waals surface area contributed by atoms with E-state index in [-0.39, 0.29) is 0 Å². The fourth-order valence-electron chi connectivity index (χ4n) is 4.34. The molecule has 1 fully saturated rings. The third kappa shape index (κ3) is 2.61. The van der Waals surface area contributed by atoms with E-state index < -0.39 is 0 Å². The Morgan fingerprint density at radius 2 is 1.86 bits per heavy atom. The minimum atomic E-state index is 0.407. The van der Waals surface area contributed by atoms with Gasteiger partial charge >= 0.3 is 0 Å². The predicted octanol–water partition coefficient (Wildman–Crippen LogP) is 4.48. The van der Waals surface area contributed by atoms with Gasteiger partial charge in [0.1, 0.15) is 5.75 Å². The van der Waals surface area contributed by atoms with E-state index in [1.165, 1.54) is 61.7 Å². The average Bonchev–Trinajstić information content (AvgIpc) is 2.56. The first-order valence-electron chi connectivity index (χ1n) is 8.76. The Morgan fingerprint density at radius 3 is 2.73 bits per heavy atom. The molecular formula is C20H25NO. The highest BCUT2D eigenvalue weighted by atomic mass is 16.3. The van der Waals surface area contributed by atoms with Crippen LogP contribution in [0.25, 0.3) is 10.8 Å². The van der Waals surface area contributed by atoms with Gasteiger partial charge in [0.2, 0.25) is 0 Å². The fourth-order valence-corrected chi connectivity index (χ4v) is 4.34. The van der Waals surface area contributed by atoms with E-state index in [0.717, 1.165) is 24.3 Å². The molecule has 0 saturated heterocycles. The van der Waals surface area contributed by atoms with E-state index in [4.69, 9.17) is 0 Å². The first-order valence-corrected chi connectivity index (χ1v) is 8.76. The number of rotatable bonds is 2. The van der Waals surface area contributed by atoms with E-state index in [9.17, 15) is 5.11 Å². The van der Waals surface area contributed by atoms with Crippen LogP contribution in [0.4, 0.5) is 0 Å². The van der Waals surface area contributed by atoms with E-state index in [1.807, 2.05) is 6.07 Å². The number of nitrogens with zero attached hydrogens (tertiary/aromatic N) is 1. The van der Waals surface area contributed by atoms with Crippen LogP contribution in [0.3, 0.4) is 0 Å². The molecule has 0 radical (unpaired) electrons. The maximum Gasteiger partial charge on any atom is 0.123 e. The average molecular weight is 295 g/mol. The molecule has 0 amide bonds. The van der Waals surface area contributed by atoms with E-state index >= 15 is 0 Å². The first kappa shape index (κ1) is 14.1. The number of phenolic OH excluding ortho intramolecular Hbond substituents is 1. The molecule has 1 aliphatic heterocycles. The molecule has 2 aromatic carbocycles. The predicted molar refractivity (Wildman–Crippen MR) is 91.2 cm³/mol. The highest BCUT2D eigenvalue weighted by Gasteiger charge is 2.22. The minimum Gasteiger partial charge on any atom is -0.507 e. The van der Waals surface area contributed by atoms with Gasteiger partial charge in [-0.1, -0.05) is 43.5 Å². The van der Waals surface area contributed by atoms with Gasteiger partial charge < -0.3 is 5.11 Å². The summed E-state index contributed by atoms with van der Waals surface area (Å²) in [6.45, 7) is 3.50. The number of fused-ring (bicyclic) bond motifs is 3. The highest BCUT2D eigenvalue weighted by Crippen LogP contribution is 2.33. The standard InChI is InChI=1S/C20H25NO/c22-20-8-4-7-17-18(20)10-9-16-11-12-21(14-19(16)17)13-15-5-2-1-3-6-15/h4,7-10,15,22H,1-3,5-6,11-14H2. The molecule has 1 heterocycles. The molecule has 4 rings (SSSR count). The SMILES string of the molecule is Oc1cccc2c3c(ccc12)CCN(CC1CCCCC1)C3. The lowest BCUT2D eigenvalue weighted by molar-refractivity contribution is 0.188. The van der Waals surface area contributed by atoms with Crippen molar-refractivity contribution in [3.8, 4) is 5.75 Å². The molecule has 22 heavy (non-hydrogen) atoms. The fraction of sp³-hybridized carbons (Fsp3) is 0.500. The minimum absolute atomic E-state index is 0.407. The van der Waals surface area contributed by atoms with Crippen LogP contribution in [0.5, 0.6) is 5.75 Å². The van der Waals surface area contributed by atoms with Crippen molar-refractivity contribution in [2.75, 3.05) is 13.1 Å². The lowest BCUT2D eigenvalue weighted by atomic mass is 9.87. The zero-order valence-corrected chi connectivity index (χ0v) is 13.2. The maximum atomic E-state index is 10.1. The Morgan fingerprint density at radius 1 is 1.00 bits per heavy atom. The second-order valence-corrected chi connectivity index (χ2v) is 7.06. The Balaban J connectivity index is 1.60. The summed E-state index contributed by atoms with van der Waals surface area (Å²) in [5, 5.41) is 12.3. The van der Waals surface area contributed by atoms with Crippen LogP contribution in [0.2, 0.25) is 0 Å². The summed E-state index contributed by atoms with van der Waals surface area (Å²) in [7, 11) is 0. The van der Waals surface area contributed by atoms with Crippen molar-refractivity contribution in [1.82, 2.24) is 4.90 Å². The van der Waals surface area contributed by atoms with Crippen LogP contribution < -0.4 is 0 Å². The molecule has 0 bridgehead atoms. The molecule has 1 saturated carbocycles. The molecule has 0 unspecified atom stereocenters. The topological polar surface area (TPSA) is 23.5 Å². The summed E-state index contributed by atoms with van der Waals surface area (Å²) >= 11 is 0. The Labute approximate surface area is 132 Å². The second-order valence-electron chi connectivity index (χ2n) is 7.06. The Hall–Kier alpha value is -1.54. The molecule has 0 aromatic heterocycles. The summed E-state index contributed by atoms with van der Waals surface area (Å²) < 4.78 is 0. The molecule has 1 N–H and O–H groups in total. The molecule has 116 valence electrons. The number of hydrogen-bond acceptors (Lipinski definition) is 2.